The van der Waals surface area contributed by atoms with Crippen LogP contribution in [0.3, 0.4) is 0 Å². The van der Waals surface area contributed by atoms with Crippen molar-refractivity contribution >= 4 is 12.1 Å². The summed E-state index contributed by atoms with van der Waals surface area (Å²) in [7, 11) is 0. The first-order chi connectivity index (χ1) is 11.1. The molecule has 0 spiro atoms. The van der Waals surface area contributed by atoms with Gasteiger partial charge in [-0.2, -0.15) is 0 Å². The van der Waals surface area contributed by atoms with Gasteiger partial charge in [-0.3, -0.25) is 0 Å². The number of hydrogen-bond acceptors (Lipinski definition) is 6. The molecule has 0 saturated carbocycles. The number of carbonyl (C=O) groups is 2. The van der Waals surface area contributed by atoms with E-state index in [9.17, 15) is 14.7 Å². The maximum Gasteiger partial charge on any atom is 1.00 e. The van der Waals surface area contributed by atoms with E-state index in [1.54, 1.807) is 4.57 Å². The number of benzene rings is 1. The second-order valence-corrected chi connectivity index (χ2v) is 5.28. The first kappa shape index (κ1) is 18.0. The molecule has 1 unspecified atom stereocenters. The van der Waals surface area contributed by atoms with Crippen LogP contribution in [0.4, 0.5) is 4.79 Å². The number of alkyl carbamates (subject to hydrolysis) is 1. The molecule has 2 heterocycles. The van der Waals surface area contributed by atoms with Crippen molar-refractivity contribution in [3.05, 3.63) is 47.5 Å². The molecule has 0 aliphatic carbocycles. The Bertz CT molecular complexity index is 720. The molecular weight excluding hydrogens is 307 g/mol. The number of rotatable bonds is 5. The number of nitrogens with zero attached hydrogens (tertiary/aromatic N) is 3. The van der Waals surface area contributed by atoms with Crippen LogP contribution in [0.25, 0.3) is 0 Å². The van der Waals surface area contributed by atoms with Crippen molar-refractivity contribution in [2.24, 2.45) is 5.92 Å². The summed E-state index contributed by atoms with van der Waals surface area (Å²) in [5, 5.41) is 21.4. The Hall–Kier alpha value is -2.30. The molecule has 120 valence electrons. The topological polar surface area (TPSA) is 109 Å². The number of ether oxygens (including phenoxy) is 1. The molecule has 1 N–H and O–H groups in total. The molecule has 2 aromatic rings. The molecule has 0 bridgehead atoms. The summed E-state index contributed by atoms with van der Waals surface area (Å²) in [6.07, 6.45) is -0.269. The number of carboxylic acids is 1. The minimum atomic E-state index is -1.10. The van der Waals surface area contributed by atoms with Crippen LogP contribution >= 0.6 is 0 Å². The fourth-order valence-corrected chi connectivity index (χ4v) is 2.45. The molecule has 3 rings (SSSR count). The van der Waals surface area contributed by atoms with E-state index in [2.05, 4.69) is 15.5 Å². The molecule has 8 nitrogen and oxygen atoms in total. The fourth-order valence-electron chi connectivity index (χ4n) is 2.45. The van der Waals surface area contributed by atoms with Crippen molar-refractivity contribution in [3.8, 4) is 0 Å². The van der Waals surface area contributed by atoms with Gasteiger partial charge in [0, 0.05) is 24.9 Å². The van der Waals surface area contributed by atoms with Crippen LogP contribution < -0.4 is 29.3 Å². The Kier molecular flexibility index (Phi) is 6.01. The van der Waals surface area contributed by atoms with Gasteiger partial charge in [0.1, 0.15) is 12.4 Å². The quantitative estimate of drug-likeness (QED) is 0.576. The molecule has 1 aliphatic rings. The zero-order valence-corrected chi connectivity index (χ0v) is 13.3. The Morgan fingerprint density at radius 2 is 2.04 bits per heavy atom. The van der Waals surface area contributed by atoms with Gasteiger partial charge in [0.2, 0.25) is 0 Å². The number of amides is 1. The van der Waals surface area contributed by atoms with Gasteiger partial charge in [-0.25, -0.2) is 4.79 Å². The maximum absolute atomic E-state index is 11.7. The largest absolute Gasteiger partial charge is 1.00 e. The van der Waals surface area contributed by atoms with Crippen LogP contribution in [-0.4, -0.2) is 26.8 Å². The summed E-state index contributed by atoms with van der Waals surface area (Å²) in [6.45, 7) is 0.568. The van der Waals surface area contributed by atoms with Gasteiger partial charge >= 0.3 is 25.0 Å². The average Bonchev–Trinajstić information content (AvgIpc) is 3.13. The van der Waals surface area contributed by atoms with Crippen LogP contribution in [0.5, 0.6) is 0 Å². The van der Waals surface area contributed by atoms with E-state index < -0.39 is 18.0 Å². The van der Waals surface area contributed by atoms with Crippen molar-refractivity contribution in [1.82, 2.24) is 20.1 Å². The minimum absolute atomic E-state index is 0. The molecule has 0 fully saturated rings. The zero-order chi connectivity index (χ0) is 16.2. The molecular formula is C15H15LiN4O4. The van der Waals surface area contributed by atoms with E-state index in [-0.39, 0.29) is 38.6 Å². The first-order valence-corrected chi connectivity index (χ1v) is 7.20. The number of carbonyl (C=O) groups excluding carboxylic acids is 2. The van der Waals surface area contributed by atoms with Gasteiger partial charge in [-0.15, -0.1) is 10.2 Å². The summed E-state index contributed by atoms with van der Waals surface area (Å²) in [4.78, 5) is 22.6. The minimum Gasteiger partial charge on any atom is -0.550 e. The molecule has 1 aliphatic heterocycles. The van der Waals surface area contributed by atoms with Gasteiger partial charge < -0.3 is 24.5 Å². The van der Waals surface area contributed by atoms with Crippen LogP contribution in [0.15, 0.2) is 30.3 Å². The Balaban J connectivity index is 0.00000208. The number of nitrogens with one attached hydrogen (secondary N) is 1. The molecule has 24 heavy (non-hydrogen) atoms. The second kappa shape index (κ2) is 7.99. The third-order valence-electron chi connectivity index (χ3n) is 3.67. The molecule has 0 saturated heterocycles. The third-order valence-corrected chi connectivity index (χ3v) is 3.67. The van der Waals surface area contributed by atoms with Crippen molar-refractivity contribution in [2.45, 2.75) is 26.1 Å². The van der Waals surface area contributed by atoms with E-state index in [1.165, 1.54) is 0 Å². The average molecular weight is 322 g/mol. The predicted molar refractivity (Wildman–Crippen MR) is 75.7 cm³/mol. The summed E-state index contributed by atoms with van der Waals surface area (Å²) in [6, 6.07) is 9.33. The van der Waals surface area contributed by atoms with Crippen LogP contribution in [0, 0.1) is 5.92 Å². The van der Waals surface area contributed by atoms with Gasteiger partial charge in [0.15, 0.2) is 5.82 Å². The van der Waals surface area contributed by atoms with Gasteiger partial charge in [0.25, 0.3) is 0 Å². The van der Waals surface area contributed by atoms with Crippen LogP contribution in [0.1, 0.15) is 17.2 Å². The normalized spacial score (nSPS) is 15.2. The number of hydrogen-bond donors (Lipinski definition) is 1. The molecule has 1 amide bonds. The molecule has 0 radical (unpaired) electrons. The van der Waals surface area contributed by atoms with Crippen molar-refractivity contribution in [1.29, 1.82) is 0 Å². The van der Waals surface area contributed by atoms with Crippen LogP contribution in [-0.2, 0) is 35.6 Å². The summed E-state index contributed by atoms with van der Waals surface area (Å²) in [5.74, 6) is -0.602. The van der Waals surface area contributed by atoms with E-state index in [4.69, 9.17) is 4.74 Å². The summed E-state index contributed by atoms with van der Waals surface area (Å²) < 4.78 is 6.79. The van der Waals surface area contributed by atoms with Gasteiger partial charge in [0.05, 0.1) is 6.54 Å². The second-order valence-electron chi connectivity index (χ2n) is 5.28. The van der Waals surface area contributed by atoms with Crippen molar-refractivity contribution in [2.75, 3.05) is 0 Å². The first-order valence-electron chi connectivity index (χ1n) is 7.20. The molecule has 1 atom stereocenters. The monoisotopic (exact) mass is 322 g/mol. The number of aliphatic carboxylic acids is 1. The summed E-state index contributed by atoms with van der Waals surface area (Å²) >= 11 is 0. The van der Waals surface area contributed by atoms with E-state index >= 15 is 0 Å². The fraction of sp³-hybridized carbons (Fsp3) is 0.333. The van der Waals surface area contributed by atoms with Crippen molar-refractivity contribution < 1.29 is 38.3 Å². The van der Waals surface area contributed by atoms with E-state index in [0.29, 0.717) is 18.1 Å². The van der Waals surface area contributed by atoms with Crippen molar-refractivity contribution in [3.63, 3.8) is 0 Å². The molecule has 1 aromatic carbocycles. The Morgan fingerprint density at radius 3 is 2.75 bits per heavy atom. The smallest absolute Gasteiger partial charge is 0.550 e. The number of carboxylic acid groups (broad SMARTS) is 1. The predicted octanol–water partition coefficient (Wildman–Crippen LogP) is -3.37. The zero-order valence-electron chi connectivity index (χ0n) is 13.3. The van der Waals surface area contributed by atoms with E-state index in [1.807, 2.05) is 30.3 Å². The number of aromatic nitrogens is 3. The standard InChI is InChI=1S/C15H16N4O4.Li/c20-14(21)11-6-12-17-18-13(19(12)8-11)7-16-15(22)23-9-10-4-2-1-3-5-10;/h1-5,11H,6-9H2,(H,16,22)(H,20,21);/q;+1/p-1. The summed E-state index contributed by atoms with van der Waals surface area (Å²) in [5.41, 5.74) is 0.891. The maximum atomic E-state index is 11.7. The van der Waals surface area contributed by atoms with Crippen LogP contribution in [0.2, 0.25) is 0 Å². The third kappa shape index (κ3) is 4.16. The van der Waals surface area contributed by atoms with Gasteiger partial charge in [-0.1, -0.05) is 30.3 Å². The molecule has 1 aromatic heterocycles. The number of fused-ring (bicyclic) bond motifs is 1. The van der Waals surface area contributed by atoms with Gasteiger partial charge in [-0.05, 0) is 5.56 Å². The Labute approximate surface area is 150 Å². The van der Waals surface area contributed by atoms with E-state index in [0.717, 1.165) is 5.56 Å². The molecule has 9 heteroatoms. The SMILES string of the molecule is O=C(NCc1nnc2n1CC(C(=O)[O-])C2)OCc1ccccc1.[Li+]. The Morgan fingerprint density at radius 1 is 1.29 bits per heavy atom.